The predicted molar refractivity (Wildman–Crippen MR) is 129 cm³/mol. The standard InChI is InChI=1S/C22H21Br2N3O5/c1-5-19-26-17-7-6-14(23)9-16(17)21(28)27(19)25-11-13-8-15(24)10-18(30-3)20(13)32-12(2)22(29)31-4/h6-12H,5H2,1-4H3/t12-/m0/s1. The van der Waals surface area contributed by atoms with Crippen molar-refractivity contribution in [3.05, 3.63) is 61.0 Å². The topological polar surface area (TPSA) is 92.0 Å². The Labute approximate surface area is 201 Å². The molecular formula is C22H21Br2N3O5. The van der Waals surface area contributed by atoms with E-state index in [1.807, 2.05) is 13.0 Å². The SMILES string of the molecule is CCc1nc2ccc(Br)cc2c(=O)n1N=Cc1cc(Br)cc(OC)c1O[C@@H](C)C(=O)OC. The maximum atomic E-state index is 13.1. The molecule has 0 saturated carbocycles. The second-order valence-corrected chi connectivity index (χ2v) is 8.55. The normalized spacial score (nSPS) is 12.2. The van der Waals surface area contributed by atoms with Gasteiger partial charge in [0.25, 0.3) is 5.56 Å². The number of ether oxygens (including phenoxy) is 3. The number of methoxy groups -OCH3 is 2. The molecule has 0 spiro atoms. The number of rotatable bonds is 7. The zero-order chi connectivity index (χ0) is 23.4. The molecule has 1 atom stereocenters. The van der Waals surface area contributed by atoms with Gasteiger partial charge in [0.2, 0.25) is 0 Å². The molecule has 0 unspecified atom stereocenters. The summed E-state index contributed by atoms with van der Waals surface area (Å²) in [5, 5.41) is 4.85. The van der Waals surface area contributed by atoms with Crippen LogP contribution in [0.15, 0.2) is 49.2 Å². The summed E-state index contributed by atoms with van der Waals surface area (Å²) in [6.45, 7) is 3.46. The molecule has 3 rings (SSSR count). The molecule has 8 nitrogen and oxygen atoms in total. The van der Waals surface area contributed by atoms with Gasteiger partial charge in [-0.3, -0.25) is 4.79 Å². The lowest BCUT2D eigenvalue weighted by atomic mass is 10.2. The van der Waals surface area contributed by atoms with Crippen molar-refractivity contribution in [2.45, 2.75) is 26.4 Å². The van der Waals surface area contributed by atoms with Crippen LogP contribution in [0.25, 0.3) is 10.9 Å². The van der Waals surface area contributed by atoms with E-state index in [2.05, 4.69) is 41.9 Å². The van der Waals surface area contributed by atoms with Gasteiger partial charge in [-0.25, -0.2) is 9.78 Å². The van der Waals surface area contributed by atoms with E-state index < -0.39 is 12.1 Å². The molecular weight excluding hydrogens is 546 g/mol. The summed E-state index contributed by atoms with van der Waals surface area (Å²) in [4.78, 5) is 29.6. The predicted octanol–water partition coefficient (Wildman–Crippen LogP) is 4.32. The number of nitrogens with zero attached hydrogens (tertiary/aromatic N) is 3. The first-order valence-corrected chi connectivity index (χ1v) is 11.2. The maximum Gasteiger partial charge on any atom is 0.346 e. The van der Waals surface area contributed by atoms with Crippen LogP contribution in [-0.2, 0) is 16.0 Å². The molecule has 0 N–H and O–H groups in total. The fourth-order valence-electron chi connectivity index (χ4n) is 3.02. The third kappa shape index (κ3) is 5.02. The van der Waals surface area contributed by atoms with E-state index >= 15 is 0 Å². The summed E-state index contributed by atoms with van der Waals surface area (Å²) in [6.07, 6.45) is 1.10. The van der Waals surface area contributed by atoms with Crippen molar-refractivity contribution in [1.82, 2.24) is 9.66 Å². The van der Waals surface area contributed by atoms with Crippen LogP contribution >= 0.6 is 31.9 Å². The Hall–Kier alpha value is -2.72. The van der Waals surface area contributed by atoms with Crippen molar-refractivity contribution in [2.24, 2.45) is 5.10 Å². The number of halogens is 2. The lowest BCUT2D eigenvalue weighted by molar-refractivity contribution is -0.147. The van der Waals surface area contributed by atoms with Crippen LogP contribution in [0.5, 0.6) is 11.5 Å². The molecule has 1 aromatic heterocycles. The Morgan fingerprint density at radius 3 is 2.62 bits per heavy atom. The zero-order valence-electron chi connectivity index (χ0n) is 17.9. The average molecular weight is 567 g/mol. The number of esters is 1. The molecule has 3 aromatic rings. The smallest absolute Gasteiger partial charge is 0.346 e. The van der Waals surface area contributed by atoms with Crippen LogP contribution in [0.1, 0.15) is 25.2 Å². The van der Waals surface area contributed by atoms with E-state index in [0.717, 1.165) is 4.47 Å². The van der Waals surface area contributed by atoms with Gasteiger partial charge < -0.3 is 14.2 Å². The molecule has 0 bridgehead atoms. The van der Waals surface area contributed by atoms with Crippen LogP contribution in [0.2, 0.25) is 0 Å². The van der Waals surface area contributed by atoms with Crippen molar-refractivity contribution < 1.29 is 19.0 Å². The lowest BCUT2D eigenvalue weighted by Crippen LogP contribution is -2.25. The number of carbonyl (C=O) groups excluding carboxylic acids is 1. The van der Waals surface area contributed by atoms with E-state index in [-0.39, 0.29) is 5.56 Å². The highest BCUT2D eigenvalue weighted by Crippen LogP contribution is 2.35. The summed E-state index contributed by atoms with van der Waals surface area (Å²) in [6, 6.07) is 8.78. The Kier molecular flexibility index (Phi) is 7.68. The molecule has 0 aliphatic heterocycles. The van der Waals surface area contributed by atoms with Gasteiger partial charge in [-0.05, 0) is 37.3 Å². The van der Waals surface area contributed by atoms with Crippen LogP contribution in [-0.4, -0.2) is 42.2 Å². The van der Waals surface area contributed by atoms with E-state index in [0.29, 0.717) is 44.7 Å². The van der Waals surface area contributed by atoms with E-state index in [9.17, 15) is 9.59 Å². The van der Waals surface area contributed by atoms with Crippen LogP contribution in [0, 0.1) is 0 Å². The second-order valence-electron chi connectivity index (χ2n) is 6.71. The fourth-order valence-corrected chi connectivity index (χ4v) is 3.83. The highest BCUT2D eigenvalue weighted by molar-refractivity contribution is 9.10. The van der Waals surface area contributed by atoms with Gasteiger partial charge in [-0.2, -0.15) is 9.78 Å². The third-order valence-electron chi connectivity index (χ3n) is 4.60. The molecule has 32 heavy (non-hydrogen) atoms. The van der Waals surface area contributed by atoms with Crippen molar-refractivity contribution in [2.75, 3.05) is 14.2 Å². The second kappa shape index (κ2) is 10.3. The molecule has 0 saturated heterocycles. The lowest BCUT2D eigenvalue weighted by Gasteiger charge is -2.17. The fraction of sp³-hybridized carbons (Fsp3) is 0.273. The van der Waals surface area contributed by atoms with Gasteiger partial charge in [-0.15, -0.1) is 0 Å². The first-order valence-electron chi connectivity index (χ1n) is 9.66. The molecule has 0 fully saturated rings. The molecule has 168 valence electrons. The third-order valence-corrected chi connectivity index (χ3v) is 5.55. The quantitative estimate of drug-likeness (QED) is 0.312. The van der Waals surface area contributed by atoms with Crippen molar-refractivity contribution in [3.63, 3.8) is 0 Å². The summed E-state index contributed by atoms with van der Waals surface area (Å²) < 4.78 is 18.7. The van der Waals surface area contributed by atoms with Gasteiger partial charge in [0.1, 0.15) is 5.82 Å². The van der Waals surface area contributed by atoms with E-state index in [4.69, 9.17) is 14.2 Å². The zero-order valence-corrected chi connectivity index (χ0v) is 21.1. The Morgan fingerprint density at radius 2 is 1.97 bits per heavy atom. The average Bonchev–Trinajstić information content (AvgIpc) is 2.79. The minimum atomic E-state index is -0.879. The van der Waals surface area contributed by atoms with Crippen LogP contribution in [0.3, 0.4) is 0 Å². The molecule has 1 heterocycles. The van der Waals surface area contributed by atoms with Gasteiger partial charge in [0.15, 0.2) is 17.6 Å². The Balaban J connectivity index is 2.14. The van der Waals surface area contributed by atoms with E-state index in [1.54, 1.807) is 31.2 Å². The monoisotopic (exact) mass is 565 g/mol. The minimum Gasteiger partial charge on any atom is -0.493 e. The van der Waals surface area contributed by atoms with Crippen LogP contribution < -0.4 is 15.0 Å². The highest BCUT2D eigenvalue weighted by Gasteiger charge is 2.20. The van der Waals surface area contributed by atoms with Gasteiger partial charge in [0.05, 0.1) is 31.3 Å². The number of aromatic nitrogens is 2. The molecule has 0 aliphatic carbocycles. The maximum absolute atomic E-state index is 13.1. The first kappa shape index (κ1) is 23.9. The molecule has 0 radical (unpaired) electrons. The molecule has 0 aliphatic rings. The summed E-state index contributed by atoms with van der Waals surface area (Å²) >= 11 is 6.82. The van der Waals surface area contributed by atoms with Gasteiger partial charge in [0, 0.05) is 20.9 Å². The molecule has 2 aromatic carbocycles. The number of hydrogen-bond acceptors (Lipinski definition) is 7. The minimum absolute atomic E-state index is 0.292. The van der Waals surface area contributed by atoms with Crippen molar-refractivity contribution in [1.29, 1.82) is 0 Å². The number of hydrogen-bond donors (Lipinski definition) is 0. The van der Waals surface area contributed by atoms with Crippen molar-refractivity contribution >= 4 is 54.9 Å². The first-order chi connectivity index (χ1) is 15.3. The largest absolute Gasteiger partial charge is 0.493 e. The summed E-state index contributed by atoms with van der Waals surface area (Å²) in [5.41, 5.74) is 0.800. The number of benzene rings is 2. The van der Waals surface area contributed by atoms with Gasteiger partial charge >= 0.3 is 5.97 Å². The highest BCUT2D eigenvalue weighted by atomic mass is 79.9. The van der Waals surface area contributed by atoms with Gasteiger partial charge in [-0.1, -0.05) is 38.8 Å². The van der Waals surface area contributed by atoms with Crippen molar-refractivity contribution in [3.8, 4) is 11.5 Å². The number of fused-ring (bicyclic) bond motifs is 1. The summed E-state index contributed by atoms with van der Waals surface area (Å²) in [7, 11) is 2.77. The van der Waals surface area contributed by atoms with E-state index in [1.165, 1.54) is 25.1 Å². The molecule has 0 amide bonds. The number of aryl methyl sites for hydroxylation is 1. The summed E-state index contributed by atoms with van der Waals surface area (Å²) in [5.74, 6) is 0.653. The van der Waals surface area contributed by atoms with Crippen LogP contribution in [0.4, 0.5) is 0 Å². The number of carbonyl (C=O) groups is 1. The Bertz CT molecular complexity index is 1260. The molecule has 10 heteroatoms. The Morgan fingerprint density at radius 1 is 1.22 bits per heavy atom.